The number of hydrogen-bond donors (Lipinski definition) is 0. The second kappa shape index (κ2) is 3.81. The van der Waals surface area contributed by atoms with Crippen LogP contribution in [0.3, 0.4) is 0 Å². The van der Waals surface area contributed by atoms with Crippen molar-refractivity contribution in [3.63, 3.8) is 0 Å². The SMILES string of the molecule is [2H]C([2H])([2H])OC([2H])([2H])COS(C)(=O)=O. The lowest BCUT2D eigenvalue weighted by molar-refractivity contribution is 0.150. The van der Waals surface area contributed by atoms with E-state index in [0.29, 0.717) is 0 Å². The lowest BCUT2D eigenvalue weighted by atomic mass is 10.8. The molecule has 0 bridgehead atoms. The monoisotopic (exact) mass is 159 g/mol. The van der Waals surface area contributed by atoms with E-state index in [4.69, 9.17) is 6.85 Å². The third-order valence-corrected chi connectivity index (χ3v) is 0.950. The van der Waals surface area contributed by atoms with Crippen molar-refractivity contribution in [2.24, 2.45) is 0 Å². The van der Waals surface area contributed by atoms with Crippen LogP contribution in [0.1, 0.15) is 6.85 Å². The van der Waals surface area contributed by atoms with Crippen molar-refractivity contribution < 1.29 is 24.2 Å². The molecule has 0 fully saturated rings. The standard InChI is InChI=1S/C4H10O4S/c1-7-3-4-8-9(2,5)6/h3-4H2,1-2H3/i1D3,3D2. The van der Waals surface area contributed by atoms with Gasteiger partial charge in [-0.2, -0.15) is 8.42 Å². The minimum Gasteiger partial charge on any atom is -0.382 e. The average molecular weight is 159 g/mol. The smallest absolute Gasteiger partial charge is 0.264 e. The summed E-state index contributed by atoms with van der Waals surface area (Å²) < 4.78 is 62.6. The molecule has 0 aromatic carbocycles. The molecule has 56 valence electrons. The first kappa shape index (κ1) is 3.32. The van der Waals surface area contributed by atoms with Crippen molar-refractivity contribution >= 4 is 10.1 Å². The summed E-state index contributed by atoms with van der Waals surface area (Å²) in [7, 11) is -6.76. The van der Waals surface area contributed by atoms with Crippen LogP contribution in [0.15, 0.2) is 0 Å². The van der Waals surface area contributed by atoms with E-state index >= 15 is 0 Å². The normalized spacial score (nSPS) is 23.0. The Bertz CT molecular complexity index is 281. The van der Waals surface area contributed by atoms with Crippen molar-refractivity contribution in [2.75, 3.05) is 26.5 Å². The van der Waals surface area contributed by atoms with Crippen LogP contribution in [0.2, 0.25) is 0 Å². The molecule has 4 nitrogen and oxygen atoms in total. The summed E-state index contributed by atoms with van der Waals surface area (Å²) in [6.07, 6.45) is 0.721. The van der Waals surface area contributed by atoms with E-state index in [-0.39, 0.29) is 0 Å². The van der Waals surface area contributed by atoms with Gasteiger partial charge in [0.2, 0.25) is 0 Å². The highest BCUT2D eigenvalue weighted by atomic mass is 32.2. The molecular weight excluding hydrogens is 144 g/mol. The number of ether oxygens (including phenoxy) is 1. The molecule has 5 heteroatoms. The van der Waals surface area contributed by atoms with Crippen molar-refractivity contribution in [1.29, 1.82) is 0 Å². The van der Waals surface area contributed by atoms with Gasteiger partial charge in [0.15, 0.2) is 0 Å². The fourth-order valence-electron chi connectivity index (χ4n) is 0.161. The molecule has 0 heterocycles. The summed E-state index contributed by atoms with van der Waals surface area (Å²) in [5.74, 6) is 0. The van der Waals surface area contributed by atoms with Crippen LogP contribution in [0.4, 0.5) is 0 Å². The maximum atomic E-state index is 10.5. The van der Waals surface area contributed by atoms with Gasteiger partial charge in [0.05, 0.1) is 26.3 Å². The highest BCUT2D eigenvalue weighted by Gasteiger charge is 1.98. The number of methoxy groups -OCH3 is 1. The van der Waals surface area contributed by atoms with Gasteiger partial charge in [0, 0.05) is 7.04 Å². The molecular formula is C4H10O4S. The van der Waals surface area contributed by atoms with E-state index in [0.717, 1.165) is 6.26 Å². The van der Waals surface area contributed by atoms with E-state index in [1.54, 1.807) is 0 Å². The predicted molar refractivity (Wildman–Crippen MR) is 32.7 cm³/mol. The van der Waals surface area contributed by atoms with Crippen LogP contribution in [0.25, 0.3) is 0 Å². The third-order valence-electron chi connectivity index (χ3n) is 0.404. The fourth-order valence-corrected chi connectivity index (χ4v) is 0.423. The molecule has 0 aliphatic rings. The van der Waals surface area contributed by atoms with Crippen LogP contribution in [-0.2, 0) is 19.0 Å². The summed E-state index contributed by atoms with van der Waals surface area (Å²) in [5.41, 5.74) is 0. The lowest BCUT2D eigenvalue weighted by Gasteiger charge is -1.97. The Kier molecular flexibility index (Phi) is 1.41. The Hall–Kier alpha value is -0.130. The van der Waals surface area contributed by atoms with Crippen LogP contribution >= 0.6 is 0 Å². The largest absolute Gasteiger partial charge is 0.382 e. The quantitative estimate of drug-likeness (QED) is 0.524. The lowest BCUT2D eigenvalue weighted by Crippen LogP contribution is -2.07. The minimum absolute atomic E-state index is 0.721. The first-order valence-electron chi connectivity index (χ1n) is 4.46. The Balaban J connectivity index is 4.22. The van der Waals surface area contributed by atoms with Crippen molar-refractivity contribution in [3.8, 4) is 0 Å². The third kappa shape index (κ3) is 7.87. The van der Waals surface area contributed by atoms with Crippen molar-refractivity contribution in [3.05, 3.63) is 0 Å². The maximum absolute atomic E-state index is 10.5. The highest BCUT2D eigenvalue weighted by Crippen LogP contribution is 1.84. The highest BCUT2D eigenvalue weighted by molar-refractivity contribution is 7.85. The summed E-state index contributed by atoms with van der Waals surface area (Å²) in [6, 6.07) is 0. The van der Waals surface area contributed by atoms with Crippen LogP contribution < -0.4 is 0 Å². The fraction of sp³-hybridized carbons (Fsp3) is 1.00. The molecule has 0 aromatic rings. The maximum Gasteiger partial charge on any atom is 0.264 e. The van der Waals surface area contributed by atoms with Crippen LogP contribution in [0, 0.1) is 0 Å². The summed E-state index contributed by atoms with van der Waals surface area (Å²) in [6.45, 7) is -3.67. The molecule has 0 aliphatic heterocycles. The van der Waals surface area contributed by atoms with Crippen molar-refractivity contribution in [1.82, 2.24) is 0 Å². The van der Waals surface area contributed by atoms with Gasteiger partial charge in [-0.15, -0.1) is 0 Å². The van der Waals surface area contributed by atoms with E-state index in [1.165, 1.54) is 0 Å². The molecule has 0 amide bonds. The minimum atomic E-state index is -3.82. The summed E-state index contributed by atoms with van der Waals surface area (Å²) in [5, 5.41) is 0. The van der Waals surface area contributed by atoms with Gasteiger partial charge < -0.3 is 4.74 Å². The van der Waals surface area contributed by atoms with Gasteiger partial charge >= 0.3 is 0 Å². The van der Waals surface area contributed by atoms with Gasteiger partial charge in [0.25, 0.3) is 10.1 Å². The Morgan fingerprint density at radius 3 is 2.89 bits per heavy atom. The second-order valence-electron chi connectivity index (χ2n) is 1.21. The summed E-state index contributed by atoms with van der Waals surface area (Å²) in [4.78, 5) is 0. The predicted octanol–water partition coefficient (Wildman–Crippen LogP) is -0.391. The zero-order chi connectivity index (χ0) is 11.6. The molecule has 0 aromatic heterocycles. The molecule has 0 saturated carbocycles. The molecule has 0 spiro atoms. The van der Waals surface area contributed by atoms with Crippen molar-refractivity contribution in [2.45, 2.75) is 0 Å². The molecule has 0 radical (unpaired) electrons. The zero-order valence-electron chi connectivity index (χ0n) is 9.75. The Labute approximate surface area is 61.9 Å². The van der Waals surface area contributed by atoms with Gasteiger partial charge in [0.1, 0.15) is 0 Å². The number of hydrogen-bond acceptors (Lipinski definition) is 4. The molecule has 0 rings (SSSR count). The van der Waals surface area contributed by atoms with Crippen LogP contribution in [-0.4, -0.2) is 34.9 Å². The van der Waals surface area contributed by atoms with Gasteiger partial charge in [-0.3, -0.25) is 4.18 Å². The Morgan fingerprint density at radius 1 is 1.78 bits per heavy atom. The van der Waals surface area contributed by atoms with E-state index < -0.39 is 30.3 Å². The van der Waals surface area contributed by atoms with E-state index in [1.807, 2.05) is 0 Å². The first-order chi connectivity index (χ1) is 5.91. The summed E-state index contributed by atoms with van der Waals surface area (Å²) >= 11 is 0. The molecule has 0 unspecified atom stereocenters. The molecule has 0 aliphatic carbocycles. The van der Waals surface area contributed by atoms with Gasteiger partial charge in [-0.1, -0.05) is 0 Å². The second-order valence-corrected chi connectivity index (χ2v) is 2.86. The van der Waals surface area contributed by atoms with Crippen LogP contribution in [0.5, 0.6) is 0 Å². The van der Waals surface area contributed by atoms with E-state index in [2.05, 4.69) is 8.92 Å². The Morgan fingerprint density at radius 2 is 2.44 bits per heavy atom. The number of rotatable bonds is 4. The molecule has 0 saturated heterocycles. The van der Waals surface area contributed by atoms with Gasteiger partial charge in [-0.25, -0.2) is 0 Å². The zero-order valence-corrected chi connectivity index (χ0v) is 5.56. The molecule has 9 heavy (non-hydrogen) atoms. The topological polar surface area (TPSA) is 52.6 Å². The van der Waals surface area contributed by atoms with E-state index in [9.17, 15) is 8.42 Å². The first-order valence-corrected chi connectivity index (χ1v) is 3.78. The molecule has 0 N–H and O–H groups in total. The average Bonchev–Trinajstić information content (AvgIpc) is 1.76. The molecule has 0 atom stereocenters. The van der Waals surface area contributed by atoms with Gasteiger partial charge in [-0.05, 0) is 0 Å².